The Hall–Kier alpha value is -2.68. The van der Waals surface area contributed by atoms with E-state index in [-0.39, 0.29) is 17.3 Å². The molecule has 26 heavy (non-hydrogen) atoms. The van der Waals surface area contributed by atoms with Crippen LogP contribution in [-0.4, -0.2) is 28.0 Å². The highest BCUT2D eigenvalue weighted by Crippen LogP contribution is 2.25. The van der Waals surface area contributed by atoms with Crippen molar-refractivity contribution in [2.45, 2.75) is 32.2 Å². The number of nitrogens with one attached hydrogen (secondary N) is 1. The molecular weight excluding hydrogens is 357 g/mol. The van der Waals surface area contributed by atoms with Crippen molar-refractivity contribution in [1.82, 2.24) is 19.6 Å². The van der Waals surface area contributed by atoms with E-state index in [1.807, 2.05) is 0 Å². The molecule has 1 N–H and O–H groups in total. The second-order valence-corrected chi connectivity index (χ2v) is 7.77. The van der Waals surface area contributed by atoms with Crippen molar-refractivity contribution in [2.75, 3.05) is 4.72 Å². The topological polar surface area (TPSA) is 81.8 Å². The third kappa shape index (κ3) is 3.22. The van der Waals surface area contributed by atoms with Gasteiger partial charge in [0.2, 0.25) is 0 Å². The first kappa shape index (κ1) is 18.1. The van der Waals surface area contributed by atoms with Crippen molar-refractivity contribution in [3.8, 4) is 0 Å². The zero-order chi connectivity index (χ0) is 19.1. The minimum absolute atomic E-state index is 0.112. The van der Waals surface area contributed by atoms with Crippen molar-refractivity contribution < 1.29 is 12.8 Å². The zero-order valence-electron chi connectivity index (χ0n) is 15.0. The van der Waals surface area contributed by atoms with E-state index in [9.17, 15) is 12.8 Å². The van der Waals surface area contributed by atoms with E-state index in [4.69, 9.17) is 0 Å². The summed E-state index contributed by atoms with van der Waals surface area (Å²) >= 11 is 0. The van der Waals surface area contributed by atoms with Gasteiger partial charge in [-0.1, -0.05) is 18.2 Å². The lowest BCUT2D eigenvalue weighted by Gasteiger charge is -2.09. The molecule has 1 aromatic carbocycles. The van der Waals surface area contributed by atoms with E-state index in [1.54, 1.807) is 50.7 Å². The molecule has 0 spiro atoms. The van der Waals surface area contributed by atoms with Gasteiger partial charge in [-0.05, 0) is 26.8 Å². The molecule has 0 aliphatic carbocycles. The third-order valence-electron chi connectivity index (χ3n) is 4.38. The van der Waals surface area contributed by atoms with E-state index >= 15 is 0 Å². The Morgan fingerprint density at radius 2 is 1.85 bits per heavy atom. The first-order valence-electron chi connectivity index (χ1n) is 7.99. The Morgan fingerprint density at radius 3 is 2.46 bits per heavy atom. The lowest BCUT2D eigenvalue weighted by molar-refractivity contribution is 0.579. The van der Waals surface area contributed by atoms with Crippen molar-refractivity contribution in [2.24, 2.45) is 7.05 Å². The molecule has 3 aromatic rings. The Bertz CT molecular complexity index is 1070. The van der Waals surface area contributed by atoms with Crippen LogP contribution in [0.5, 0.6) is 0 Å². The highest BCUT2D eigenvalue weighted by atomic mass is 32.2. The fraction of sp³-hybridized carbons (Fsp3) is 0.294. The maximum absolute atomic E-state index is 13.9. The van der Waals surface area contributed by atoms with Gasteiger partial charge in [-0.15, -0.1) is 0 Å². The third-order valence-corrected chi connectivity index (χ3v) is 5.83. The average molecular weight is 377 g/mol. The van der Waals surface area contributed by atoms with Crippen LogP contribution in [0.4, 0.5) is 10.1 Å². The Balaban J connectivity index is 1.94. The standard InChI is InChI=1S/C17H20FN5O2S/c1-11-17(21-26(24,25)16-9-19-22(4)12(16)2)13(3)23(20-11)10-14-7-5-6-8-15(14)18/h5-9,21H,10H2,1-4H3. The normalized spacial score (nSPS) is 11.7. The number of anilines is 1. The molecule has 0 amide bonds. The zero-order valence-corrected chi connectivity index (χ0v) is 15.8. The summed E-state index contributed by atoms with van der Waals surface area (Å²) in [6.45, 7) is 5.35. The maximum atomic E-state index is 13.9. The molecule has 0 saturated heterocycles. The SMILES string of the molecule is Cc1nn(Cc2ccccc2F)c(C)c1NS(=O)(=O)c1cnn(C)c1C. The molecule has 0 aliphatic rings. The molecule has 0 bridgehead atoms. The van der Waals surface area contributed by atoms with Crippen LogP contribution in [0, 0.1) is 26.6 Å². The van der Waals surface area contributed by atoms with Gasteiger partial charge in [-0.25, -0.2) is 12.8 Å². The Kier molecular flexibility index (Phi) is 4.57. The van der Waals surface area contributed by atoms with Gasteiger partial charge in [0.25, 0.3) is 10.0 Å². The van der Waals surface area contributed by atoms with Crippen LogP contribution >= 0.6 is 0 Å². The van der Waals surface area contributed by atoms with E-state index in [1.165, 1.54) is 16.9 Å². The highest BCUT2D eigenvalue weighted by Gasteiger charge is 2.23. The van der Waals surface area contributed by atoms with Gasteiger partial charge in [0.05, 0.1) is 35.5 Å². The predicted octanol–water partition coefficient (Wildman–Crippen LogP) is 2.53. The summed E-state index contributed by atoms with van der Waals surface area (Å²) in [7, 11) is -2.12. The highest BCUT2D eigenvalue weighted by molar-refractivity contribution is 7.92. The fourth-order valence-electron chi connectivity index (χ4n) is 2.72. The fourth-order valence-corrected chi connectivity index (χ4v) is 4.10. The van der Waals surface area contributed by atoms with Crippen molar-refractivity contribution >= 4 is 15.7 Å². The number of aromatic nitrogens is 4. The second-order valence-electron chi connectivity index (χ2n) is 6.12. The van der Waals surface area contributed by atoms with Gasteiger partial charge in [0.15, 0.2) is 0 Å². The first-order chi connectivity index (χ1) is 12.2. The van der Waals surface area contributed by atoms with Gasteiger partial charge < -0.3 is 0 Å². The number of sulfonamides is 1. The number of benzene rings is 1. The molecule has 0 atom stereocenters. The molecule has 2 heterocycles. The van der Waals surface area contributed by atoms with Gasteiger partial charge >= 0.3 is 0 Å². The molecule has 0 saturated carbocycles. The van der Waals surface area contributed by atoms with E-state index in [0.29, 0.717) is 28.3 Å². The smallest absolute Gasteiger partial charge is 0.265 e. The molecule has 9 heteroatoms. The van der Waals surface area contributed by atoms with E-state index < -0.39 is 10.0 Å². The van der Waals surface area contributed by atoms with Crippen LogP contribution in [0.15, 0.2) is 35.4 Å². The van der Waals surface area contributed by atoms with Crippen molar-refractivity contribution in [3.63, 3.8) is 0 Å². The lowest BCUT2D eigenvalue weighted by Crippen LogP contribution is -2.15. The predicted molar refractivity (Wildman–Crippen MR) is 96.0 cm³/mol. The van der Waals surface area contributed by atoms with Gasteiger partial charge in [-0.3, -0.25) is 14.1 Å². The van der Waals surface area contributed by atoms with Crippen LogP contribution in [0.3, 0.4) is 0 Å². The Labute approximate surface area is 151 Å². The maximum Gasteiger partial charge on any atom is 0.265 e. The van der Waals surface area contributed by atoms with Crippen LogP contribution in [-0.2, 0) is 23.6 Å². The number of halogens is 1. The summed E-state index contributed by atoms with van der Waals surface area (Å²) in [5.74, 6) is -0.326. The van der Waals surface area contributed by atoms with Crippen molar-refractivity contribution in [1.29, 1.82) is 0 Å². The monoisotopic (exact) mass is 377 g/mol. The molecule has 7 nitrogen and oxygen atoms in total. The molecule has 0 fully saturated rings. The summed E-state index contributed by atoms with van der Waals surface area (Å²) in [5, 5.41) is 8.33. The molecule has 0 unspecified atom stereocenters. The number of aryl methyl sites for hydroxylation is 2. The summed E-state index contributed by atoms with van der Waals surface area (Å²) in [4.78, 5) is 0.112. The molecule has 138 valence electrons. The summed E-state index contributed by atoms with van der Waals surface area (Å²) in [6, 6.07) is 6.43. The van der Waals surface area contributed by atoms with E-state index in [0.717, 1.165) is 0 Å². The lowest BCUT2D eigenvalue weighted by atomic mass is 10.2. The van der Waals surface area contributed by atoms with E-state index in [2.05, 4.69) is 14.9 Å². The van der Waals surface area contributed by atoms with Crippen LogP contribution in [0.1, 0.15) is 22.6 Å². The second kappa shape index (κ2) is 6.56. The molecular formula is C17H20FN5O2S. The van der Waals surface area contributed by atoms with Gasteiger partial charge in [-0.2, -0.15) is 10.2 Å². The molecule has 0 aliphatic heterocycles. The summed E-state index contributed by atoms with van der Waals surface area (Å²) < 4.78 is 45.0. The number of hydrogen-bond acceptors (Lipinski definition) is 4. The largest absolute Gasteiger partial charge is 0.276 e. The summed E-state index contributed by atoms with van der Waals surface area (Å²) in [5.41, 5.74) is 2.53. The van der Waals surface area contributed by atoms with Gasteiger partial charge in [0, 0.05) is 12.6 Å². The summed E-state index contributed by atoms with van der Waals surface area (Å²) in [6.07, 6.45) is 1.31. The average Bonchev–Trinajstić information content (AvgIpc) is 3.04. The quantitative estimate of drug-likeness (QED) is 0.741. The number of rotatable bonds is 5. The van der Waals surface area contributed by atoms with Crippen LogP contribution < -0.4 is 4.72 Å². The number of nitrogens with zero attached hydrogens (tertiary/aromatic N) is 4. The van der Waals surface area contributed by atoms with Crippen molar-refractivity contribution in [3.05, 3.63) is 58.9 Å². The minimum Gasteiger partial charge on any atom is -0.276 e. The van der Waals surface area contributed by atoms with Gasteiger partial charge in [0.1, 0.15) is 10.7 Å². The van der Waals surface area contributed by atoms with Crippen LogP contribution in [0.25, 0.3) is 0 Å². The molecule has 3 rings (SSSR count). The van der Waals surface area contributed by atoms with Crippen LogP contribution in [0.2, 0.25) is 0 Å². The minimum atomic E-state index is -3.80. The number of hydrogen-bond donors (Lipinski definition) is 1. The molecule has 2 aromatic heterocycles. The first-order valence-corrected chi connectivity index (χ1v) is 9.48. The Morgan fingerprint density at radius 1 is 1.15 bits per heavy atom. The molecule has 0 radical (unpaired) electrons.